The zero-order chi connectivity index (χ0) is 16.3. The van der Waals surface area contributed by atoms with Gasteiger partial charge in [0.05, 0.1) is 17.2 Å². The molecule has 0 unspecified atom stereocenters. The lowest BCUT2D eigenvalue weighted by Crippen LogP contribution is -2.31. The van der Waals surface area contributed by atoms with E-state index in [2.05, 4.69) is 10.3 Å². The van der Waals surface area contributed by atoms with Gasteiger partial charge in [0, 0.05) is 6.07 Å². The molecule has 0 saturated carbocycles. The highest BCUT2D eigenvalue weighted by atomic mass is 19.1. The Bertz CT molecular complexity index is 770. The van der Waals surface area contributed by atoms with Gasteiger partial charge < -0.3 is 10.3 Å². The van der Waals surface area contributed by atoms with Crippen molar-refractivity contribution in [2.75, 3.05) is 0 Å². The number of aromatic nitrogens is 1. The molecular weight excluding hydrogens is 293 g/mol. The number of hydrogen-bond acceptors (Lipinski definition) is 4. The number of carbonyl (C=O) groups excluding carboxylic acids is 1. The number of nitro groups is 1. The molecule has 0 aliphatic rings. The summed E-state index contributed by atoms with van der Waals surface area (Å²) in [5.41, 5.74) is -0.839. The van der Waals surface area contributed by atoms with Crippen LogP contribution in [0.3, 0.4) is 0 Å². The van der Waals surface area contributed by atoms with E-state index in [-0.39, 0.29) is 11.3 Å². The summed E-state index contributed by atoms with van der Waals surface area (Å²) in [7, 11) is 0. The normalized spacial score (nSPS) is 11.7. The van der Waals surface area contributed by atoms with Crippen molar-refractivity contribution in [3.05, 3.63) is 73.9 Å². The van der Waals surface area contributed by atoms with Crippen molar-refractivity contribution in [3.63, 3.8) is 0 Å². The third-order valence-electron chi connectivity index (χ3n) is 3.06. The Kier molecular flexibility index (Phi) is 4.31. The topological polar surface area (TPSA) is 105 Å². The van der Waals surface area contributed by atoms with Crippen LogP contribution in [0.15, 0.2) is 41.3 Å². The zero-order valence-electron chi connectivity index (χ0n) is 11.5. The first kappa shape index (κ1) is 15.4. The summed E-state index contributed by atoms with van der Waals surface area (Å²) in [6.45, 7) is 1.65. The quantitative estimate of drug-likeness (QED) is 0.665. The molecule has 1 amide bonds. The van der Waals surface area contributed by atoms with Gasteiger partial charge in [0.25, 0.3) is 17.2 Å². The maximum Gasteiger partial charge on any atom is 0.286 e. The van der Waals surface area contributed by atoms with E-state index in [1.165, 1.54) is 24.3 Å². The van der Waals surface area contributed by atoms with Crippen LogP contribution in [0.2, 0.25) is 0 Å². The molecular formula is C14H12FN3O4. The molecule has 8 heteroatoms. The van der Waals surface area contributed by atoms with Gasteiger partial charge in [-0.3, -0.25) is 19.7 Å². The Morgan fingerprint density at radius 1 is 1.36 bits per heavy atom. The number of hydrogen-bond donors (Lipinski definition) is 2. The Hall–Kier alpha value is -3.03. The van der Waals surface area contributed by atoms with E-state index < -0.39 is 28.2 Å². The van der Waals surface area contributed by atoms with E-state index in [4.69, 9.17) is 0 Å². The van der Waals surface area contributed by atoms with E-state index in [9.17, 15) is 24.1 Å². The van der Waals surface area contributed by atoms with Crippen molar-refractivity contribution in [2.45, 2.75) is 13.0 Å². The maximum atomic E-state index is 12.9. The fourth-order valence-electron chi connectivity index (χ4n) is 1.86. The third-order valence-corrected chi connectivity index (χ3v) is 3.06. The number of amides is 1. The van der Waals surface area contributed by atoms with Crippen molar-refractivity contribution < 1.29 is 14.1 Å². The summed E-state index contributed by atoms with van der Waals surface area (Å²) in [5, 5.41) is 13.2. The molecule has 2 N–H and O–H groups in total. The lowest BCUT2D eigenvalue weighted by Gasteiger charge is -2.14. The van der Waals surface area contributed by atoms with E-state index in [1.54, 1.807) is 6.92 Å². The summed E-state index contributed by atoms with van der Waals surface area (Å²) in [5.74, 6) is -1.15. The lowest BCUT2D eigenvalue weighted by atomic mass is 10.1. The van der Waals surface area contributed by atoms with Crippen molar-refractivity contribution in [3.8, 4) is 0 Å². The Morgan fingerprint density at radius 2 is 2.00 bits per heavy atom. The number of nitrogens with one attached hydrogen (secondary N) is 2. The molecule has 1 heterocycles. The highest BCUT2D eigenvalue weighted by Crippen LogP contribution is 2.14. The SMILES string of the molecule is C[C@@H](NC(=O)c1cc([N+](=O)[O-])c[nH]c1=O)c1ccc(F)cc1. The van der Waals surface area contributed by atoms with Crippen molar-refractivity contribution >= 4 is 11.6 Å². The molecule has 1 aromatic heterocycles. The summed E-state index contributed by atoms with van der Waals surface area (Å²) in [4.78, 5) is 35.8. The number of nitrogens with zero attached hydrogens (tertiary/aromatic N) is 1. The van der Waals surface area contributed by atoms with Crippen LogP contribution >= 0.6 is 0 Å². The average molecular weight is 305 g/mol. The largest absolute Gasteiger partial charge is 0.345 e. The van der Waals surface area contributed by atoms with Gasteiger partial charge in [0.15, 0.2) is 0 Å². The fourth-order valence-corrected chi connectivity index (χ4v) is 1.86. The van der Waals surface area contributed by atoms with Crippen LogP contribution in [-0.4, -0.2) is 15.8 Å². The molecule has 0 fully saturated rings. The van der Waals surface area contributed by atoms with Crippen LogP contribution in [0.1, 0.15) is 28.9 Å². The third kappa shape index (κ3) is 3.35. The highest BCUT2D eigenvalue weighted by molar-refractivity contribution is 5.94. The predicted molar refractivity (Wildman–Crippen MR) is 76.0 cm³/mol. The van der Waals surface area contributed by atoms with Gasteiger partial charge in [-0.25, -0.2) is 4.39 Å². The second-order valence-corrected chi connectivity index (χ2v) is 4.60. The minimum atomic E-state index is -0.748. The van der Waals surface area contributed by atoms with E-state index >= 15 is 0 Å². The monoisotopic (exact) mass is 305 g/mol. The number of aromatic amines is 1. The van der Waals surface area contributed by atoms with Crippen LogP contribution in [0, 0.1) is 15.9 Å². The van der Waals surface area contributed by atoms with E-state index in [0.29, 0.717) is 5.56 Å². The van der Waals surface area contributed by atoms with Crippen molar-refractivity contribution in [2.24, 2.45) is 0 Å². The number of rotatable bonds is 4. The highest BCUT2D eigenvalue weighted by Gasteiger charge is 2.18. The first-order valence-electron chi connectivity index (χ1n) is 6.32. The van der Waals surface area contributed by atoms with Crippen molar-refractivity contribution in [1.82, 2.24) is 10.3 Å². The molecule has 0 aliphatic heterocycles. The fraction of sp³-hybridized carbons (Fsp3) is 0.143. The van der Waals surface area contributed by atoms with E-state index in [1.807, 2.05) is 0 Å². The molecule has 114 valence electrons. The second-order valence-electron chi connectivity index (χ2n) is 4.60. The standard InChI is InChI=1S/C14H12FN3O4/c1-8(9-2-4-10(15)5-3-9)17-14(20)12-6-11(18(21)22)7-16-13(12)19/h2-8H,1H3,(H,16,19)(H,17,20)/t8-/m1/s1. The van der Waals surface area contributed by atoms with E-state index in [0.717, 1.165) is 12.3 Å². The number of H-pyrrole nitrogens is 1. The predicted octanol–water partition coefficient (Wildman–Crippen LogP) is 1.91. The molecule has 2 aromatic rings. The Labute approximate surface area is 123 Å². The molecule has 0 aliphatic carbocycles. The van der Waals surface area contributed by atoms with Crippen LogP contribution in [-0.2, 0) is 0 Å². The molecule has 0 bridgehead atoms. The van der Waals surface area contributed by atoms with Gasteiger partial charge in [0.1, 0.15) is 11.4 Å². The van der Waals surface area contributed by atoms with Gasteiger partial charge >= 0.3 is 0 Å². The van der Waals surface area contributed by atoms with Gasteiger partial charge in [-0.2, -0.15) is 0 Å². The number of carbonyl (C=O) groups is 1. The number of pyridine rings is 1. The second kappa shape index (κ2) is 6.17. The van der Waals surface area contributed by atoms with Crippen LogP contribution in [0.5, 0.6) is 0 Å². The summed E-state index contributed by atoms with van der Waals surface area (Å²) in [6.07, 6.45) is 0.919. The average Bonchev–Trinajstić information content (AvgIpc) is 2.47. The van der Waals surface area contributed by atoms with Crippen LogP contribution in [0.4, 0.5) is 10.1 Å². The van der Waals surface area contributed by atoms with Crippen molar-refractivity contribution in [1.29, 1.82) is 0 Å². The van der Waals surface area contributed by atoms with Gasteiger partial charge in [0.2, 0.25) is 0 Å². The minimum absolute atomic E-state index is 0.358. The van der Waals surface area contributed by atoms with Gasteiger partial charge in [-0.1, -0.05) is 12.1 Å². The van der Waals surface area contributed by atoms with Crippen LogP contribution in [0.25, 0.3) is 0 Å². The molecule has 0 spiro atoms. The first-order valence-corrected chi connectivity index (χ1v) is 6.32. The molecule has 1 atom stereocenters. The summed E-state index contributed by atoms with van der Waals surface area (Å²) >= 11 is 0. The number of benzene rings is 1. The van der Waals surface area contributed by atoms with Gasteiger partial charge in [-0.05, 0) is 24.6 Å². The summed E-state index contributed by atoms with van der Waals surface area (Å²) < 4.78 is 12.9. The Balaban J connectivity index is 2.21. The van der Waals surface area contributed by atoms with Gasteiger partial charge in [-0.15, -0.1) is 0 Å². The molecule has 0 saturated heterocycles. The Morgan fingerprint density at radius 3 is 2.59 bits per heavy atom. The zero-order valence-corrected chi connectivity index (χ0v) is 11.5. The molecule has 0 radical (unpaired) electrons. The lowest BCUT2D eigenvalue weighted by molar-refractivity contribution is -0.385. The molecule has 2 rings (SSSR count). The number of halogens is 1. The maximum absolute atomic E-state index is 12.9. The minimum Gasteiger partial charge on any atom is -0.345 e. The first-order chi connectivity index (χ1) is 10.4. The smallest absolute Gasteiger partial charge is 0.286 e. The molecule has 7 nitrogen and oxygen atoms in total. The summed E-state index contributed by atoms with van der Waals surface area (Å²) in [6, 6.07) is 5.91. The molecule has 22 heavy (non-hydrogen) atoms. The molecule has 1 aromatic carbocycles. The van der Waals surface area contributed by atoms with Crippen LogP contribution < -0.4 is 10.9 Å².